The summed E-state index contributed by atoms with van der Waals surface area (Å²) in [7, 11) is 0. The second-order valence-corrected chi connectivity index (χ2v) is 6.64. The Bertz CT molecular complexity index is 948. The molecule has 4 N–H and O–H groups in total. The first kappa shape index (κ1) is 22.5. The first-order valence-electron chi connectivity index (χ1n) is 9.01. The number of carbonyl (C=O) groups is 3. The number of hydrogen-bond donors (Lipinski definition) is 3. The molecular weight excluding hydrogens is 395 g/mol. The third kappa shape index (κ3) is 6.36. The van der Waals surface area contributed by atoms with E-state index in [9.17, 15) is 28.9 Å². The average molecular weight is 416 g/mol. The number of nitro benzene ring substituents is 1. The Morgan fingerprint density at radius 2 is 1.67 bits per heavy atom. The molecule has 0 radical (unpaired) electrons. The molecule has 0 aliphatic rings. The predicted octanol–water partition coefficient (Wildman–Crippen LogP) is 0.994. The first-order chi connectivity index (χ1) is 14.2. The van der Waals surface area contributed by atoms with Crippen LogP contribution >= 0.6 is 0 Å². The van der Waals surface area contributed by atoms with E-state index in [1.165, 1.54) is 49.4 Å². The van der Waals surface area contributed by atoms with Crippen LogP contribution in [0.4, 0.5) is 10.1 Å². The molecule has 0 saturated carbocycles. The van der Waals surface area contributed by atoms with Gasteiger partial charge in [-0.1, -0.05) is 30.3 Å². The van der Waals surface area contributed by atoms with Gasteiger partial charge in [0.2, 0.25) is 17.7 Å². The molecule has 0 aliphatic heterocycles. The standard InChI is InChI=1S/C20H21FN4O5/c1-12(26)23-17(10-13-6-8-15(21)9-7-13)20(28)24-16(19(22)27)11-14-4-2-3-5-18(14)25(29)30/h2-9,16-17H,10-11H2,1H3,(H2,22,27)(H,23,26)(H,24,28)/t16-,17+/m0/s1. The minimum atomic E-state index is -1.23. The molecule has 10 heteroatoms. The van der Waals surface area contributed by atoms with Crippen molar-refractivity contribution in [3.05, 3.63) is 75.6 Å². The van der Waals surface area contributed by atoms with Crippen LogP contribution in [-0.4, -0.2) is 34.7 Å². The molecule has 3 amide bonds. The highest BCUT2D eigenvalue weighted by Crippen LogP contribution is 2.19. The van der Waals surface area contributed by atoms with Crippen LogP contribution in [0.1, 0.15) is 18.1 Å². The van der Waals surface area contributed by atoms with Gasteiger partial charge in [-0.25, -0.2) is 4.39 Å². The van der Waals surface area contributed by atoms with Gasteiger partial charge in [0.25, 0.3) is 5.69 Å². The summed E-state index contributed by atoms with van der Waals surface area (Å²) in [5, 5.41) is 16.1. The van der Waals surface area contributed by atoms with E-state index in [2.05, 4.69) is 10.6 Å². The third-order valence-electron chi connectivity index (χ3n) is 4.32. The zero-order valence-electron chi connectivity index (χ0n) is 16.1. The summed E-state index contributed by atoms with van der Waals surface area (Å²) in [5.41, 5.74) is 5.98. The number of primary amides is 1. The maximum Gasteiger partial charge on any atom is 0.272 e. The Kier molecular flexibility index (Phi) is 7.56. The highest BCUT2D eigenvalue weighted by Gasteiger charge is 2.27. The van der Waals surface area contributed by atoms with Gasteiger partial charge in [0, 0.05) is 31.4 Å². The van der Waals surface area contributed by atoms with E-state index in [1.807, 2.05) is 0 Å². The summed E-state index contributed by atoms with van der Waals surface area (Å²) < 4.78 is 13.1. The summed E-state index contributed by atoms with van der Waals surface area (Å²) in [6, 6.07) is 8.88. The molecule has 2 aromatic carbocycles. The molecule has 0 unspecified atom stereocenters. The van der Waals surface area contributed by atoms with Gasteiger partial charge in [-0.2, -0.15) is 0 Å². The molecule has 30 heavy (non-hydrogen) atoms. The number of carbonyl (C=O) groups excluding carboxylic acids is 3. The number of amides is 3. The fraction of sp³-hybridized carbons (Fsp3) is 0.250. The number of hydrogen-bond acceptors (Lipinski definition) is 5. The minimum Gasteiger partial charge on any atom is -0.368 e. The lowest BCUT2D eigenvalue weighted by Gasteiger charge is -2.21. The molecule has 0 aromatic heterocycles. The van der Waals surface area contributed by atoms with Crippen LogP contribution in [-0.2, 0) is 27.2 Å². The van der Waals surface area contributed by atoms with Crippen LogP contribution in [0.25, 0.3) is 0 Å². The van der Waals surface area contributed by atoms with Crippen LogP contribution in [0.3, 0.4) is 0 Å². The fourth-order valence-corrected chi connectivity index (χ4v) is 2.89. The number of nitrogens with two attached hydrogens (primary N) is 1. The van der Waals surface area contributed by atoms with Crippen LogP contribution < -0.4 is 16.4 Å². The number of nitrogens with one attached hydrogen (secondary N) is 2. The monoisotopic (exact) mass is 416 g/mol. The molecule has 0 bridgehead atoms. The molecule has 2 atom stereocenters. The number of rotatable bonds is 9. The maximum atomic E-state index is 13.1. The van der Waals surface area contributed by atoms with Gasteiger partial charge in [-0.15, -0.1) is 0 Å². The Morgan fingerprint density at radius 1 is 1.03 bits per heavy atom. The number of para-hydroxylation sites is 1. The van der Waals surface area contributed by atoms with Crippen LogP contribution in [0.15, 0.2) is 48.5 Å². The average Bonchev–Trinajstić information content (AvgIpc) is 2.68. The second-order valence-electron chi connectivity index (χ2n) is 6.64. The van der Waals surface area contributed by atoms with Crippen molar-refractivity contribution in [2.75, 3.05) is 0 Å². The topological polar surface area (TPSA) is 144 Å². The van der Waals surface area contributed by atoms with Crippen LogP contribution in [0, 0.1) is 15.9 Å². The van der Waals surface area contributed by atoms with Crippen LogP contribution in [0.2, 0.25) is 0 Å². The van der Waals surface area contributed by atoms with Gasteiger partial charge < -0.3 is 16.4 Å². The van der Waals surface area contributed by atoms with Crippen molar-refractivity contribution in [1.82, 2.24) is 10.6 Å². The number of benzene rings is 2. The van der Waals surface area contributed by atoms with Gasteiger partial charge in [0.1, 0.15) is 17.9 Å². The van der Waals surface area contributed by atoms with Crippen molar-refractivity contribution in [3.8, 4) is 0 Å². The molecular formula is C20H21FN4O5. The van der Waals surface area contributed by atoms with Gasteiger partial charge >= 0.3 is 0 Å². The second kappa shape index (κ2) is 10.1. The van der Waals surface area contributed by atoms with Gasteiger partial charge in [-0.05, 0) is 17.7 Å². The Labute approximate surface area is 171 Å². The molecule has 0 spiro atoms. The fourth-order valence-electron chi connectivity index (χ4n) is 2.89. The van der Waals surface area contributed by atoms with Crippen molar-refractivity contribution in [2.24, 2.45) is 5.73 Å². The largest absolute Gasteiger partial charge is 0.368 e. The highest BCUT2D eigenvalue weighted by molar-refractivity contribution is 5.91. The quantitative estimate of drug-likeness (QED) is 0.412. The normalized spacial score (nSPS) is 12.5. The number of nitro groups is 1. The van der Waals surface area contributed by atoms with Crippen molar-refractivity contribution in [2.45, 2.75) is 31.8 Å². The molecule has 2 rings (SSSR count). The third-order valence-corrected chi connectivity index (χ3v) is 4.32. The van der Waals surface area contributed by atoms with E-state index >= 15 is 0 Å². The van der Waals surface area contributed by atoms with E-state index in [0.717, 1.165) is 0 Å². The lowest BCUT2D eigenvalue weighted by molar-refractivity contribution is -0.385. The smallest absolute Gasteiger partial charge is 0.272 e. The van der Waals surface area contributed by atoms with Crippen molar-refractivity contribution in [1.29, 1.82) is 0 Å². The summed E-state index contributed by atoms with van der Waals surface area (Å²) in [5.74, 6) is -2.51. The SMILES string of the molecule is CC(=O)N[C@H](Cc1ccc(F)cc1)C(=O)N[C@@H](Cc1ccccc1[N+](=O)[O-])C(N)=O. The molecule has 158 valence electrons. The van der Waals surface area contributed by atoms with Gasteiger partial charge in [-0.3, -0.25) is 24.5 Å². The van der Waals surface area contributed by atoms with E-state index < -0.39 is 40.5 Å². The lowest BCUT2D eigenvalue weighted by atomic mass is 10.0. The van der Waals surface area contributed by atoms with Gasteiger partial charge in [0.15, 0.2) is 0 Å². The molecule has 0 aliphatic carbocycles. The lowest BCUT2D eigenvalue weighted by Crippen LogP contribution is -2.54. The Morgan fingerprint density at radius 3 is 2.23 bits per heavy atom. The molecule has 9 nitrogen and oxygen atoms in total. The summed E-state index contributed by atoms with van der Waals surface area (Å²) in [6.07, 6.45) is -0.149. The molecule has 2 aromatic rings. The molecule has 0 saturated heterocycles. The summed E-state index contributed by atoms with van der Waals surface area (Å²) in [6.45, 7) is 1.23. The van der Waals surface area contributed by atoms with Crippen molar-refractivity contribution in [3.63, 3.8) is 0 Å². The summed E-state index contributed by atoms with van der Waals surface area (Å²) in [4.78, 5) is 46.7. The zero-order chi connectivity index (χ0) is 22.3. The van der Waals surface area contributed by atoms with Gasteiger partial charge in [0.05, 0.1) is 4.92 Å². The summed E-state index contributed by atoms with van der Waals surface area (Å²) >= 11 is 0. The molecule has 0 fully saturated rings. The highest BCUT2D eigenvalue weighted by atomic mass is 19.1. The van der Waals surface area contributed by atoms with Crippen molar-refractivity contribution >= 4 is 23.4 Å². The van der Waals surface area contributed by atoms with Crippen LogP contribution in [0.5, 0.6) is 0 Å². The first-order valence-corrected chi connectivity index (χ1v) is 9.01. The maximum absolute atomic E-state index is 13.1. The zero-order valence-corrected chi connectivity index (χ0v) is 16.1. The van der Waals surface area contributed by atoms with E-state index in [0.29, 0.717) is 5.56 Å². The number of halogens is 1. The van der Waals surface area contributed by atoms with E-state index in [4.69, 9.17) is 5.73 Å². The Hall–Kier alpha value is -3.82. The Balaban J connectivity index is 2.19. The molecule has 0 heterocycles. The van der Waals surface area contributed by atoms with E-state index in [-0.39, 0.29) is 24.1 Å². The predicted molar refractivity (Wildman–Crippen MR) is 106 cm³/mol. The minimum absolute atomic E-state index is 0.0443. The van der Waals surface area contributed by atoms with E-state index in [1.54, 1.807) is 6.07 Å². The van der Waals surface area contributed by atoms with Crippen molar-refractivity contribution < 1.29 is 23.7 Å². The number of nitrogens with zero attached hydrogens (tertiary/aromatic N) is 1.